The Hall–Kier alpha value is -0.870. The topological polar surface area (TPSA) is 72.7 Å². The zero-order valence-corrected chi connectivity index (χ0v) is 16.7. The molecule has 0 aliphatic rings. The second-order valence-corrected chi connectivity index (χ2v) is 4.88. The molecule has 23 heavy (non-hydrogen) atoms. The lowest BCUT2D eigenvalue weighted by Gasteiger charge is -2.11. The van der Waals surface area contributed by atoms with Crippen molar-refractivity contribution in [1.29, 1.82) is 0 Å². The summed E-state index contributed by atoms with van der Waals surface area (Å²) in [7, 11) is 3.61. The summed E-state index contributed by atoms with van der Waals surface area (Å²) in [6.45, 7) is 6.50. The van der Waals surface area contributed by atoms with Crippen molar-refractivity contribution in [3.8, 4) is 0 Å². The molecule has 1 rings (SSSR count). The number of methoxy groups -OCH3 is 1. The summed E-state index contributed by atoms with van der Waals surface area (Å²) < 4.78 is 12.2. The Morgan fingerprint density at radius 2 is 2.09 bits per heavy atom. The number of rotatable bonds is 11. The highest BCUT2D eigenvalue weighted by Crippen LogP contribution is 1.98. The summed E-state index contributed by atoms with van der Waals surface area (Å²) in [6.07, 6.45) is 3.86. The second-order valence-electron chi connectivity index (χ2n) is 4.88. The number of aryl methyl sites for hydroxylation is 1. The molecule has 1 aromatic rings. The number of guanidine groups is 1. The second kappa shape index (κ2) is 14.7. The Morgan fingerprint density at radius 1 is 1.26 bits per heavy atom. The van der Waals surface area contributed by atoms with Crippen LogP contribution in [-0.2, 0) is 23.1 Å². The fourth-order valence-corrected chi connectivity index (χ4v) is 1.84. The Labute approximate surface area is 156 Å². The largest absolute Gasteiger partial charge is 0.382 e. The summed E-state index contributed by atoms with van der Waals surface area (Å²) in [5.41, 5.74) is 1.09. The summed E-state index contributed by atoms with van der Waals surface area (Å²) >= 11 is 0. The molecule has 7 nitrogen and oxygen atoms in total. The minimum absolute atomic E-state index is 0. The first-order chi connectivity index (χ1) is 10.8. The van der Waals surface area contributed by atoms with Crippen molar-refractivity contribution in [2.45, 2.75) is 26.3 Å². The predicted octanol–water partition coefficient (Wildman–Crippen LogP) is 1.54. The highest BCUT2D eigenvalue weighted by atomic mass is 127. The van der Waals surface area contributed by atoms with E-state index in [0.717, 1.165) is 44.2 Å². The van der Waals surface area contributed by atoms with Gasteiger partial charge in [-0.1, -0.05) is 0 Å². The van der Waals surface area contributed by atoms with Crippen molar-refractivity contribution in [1.82, 2.24) is 20.4 Å². The van der Waals surface area contributed by atoms with Crippen LogP contribution in [0.4, 0.5) is 0 Å². The number of unbranched alkanes of at least 4 members (excludes halogenated alkanes) is 1. The molecule has 0 bridgehead atoms. The van der Waals surface area contributed by atoms with E-state index in [2.05, 4.69) is 27.6 Å². The summed E-state index contributed by atoms with van der Waals surface area (Å²) in [5.74, 6) is 0.837. The Morgan fingerprint density at radius 3 is 2.74 bits per heavy atom. The summed E-state index contributed by atoms with van der Waals surface area (Å²) in [4.78, 5) is 4.56. The Balaban J connectivity index is 0.00000484. The van der Waals surface area contributed by atoms with Crippen LogP contribution in [-0.4, -0.2) is 55.8 Å². The van der Waals surface area contributed by atoms with Gasteiger partial charge in [-0.3, -0.25) is 4.68 Å². The summed E-state index contributed by atoms with van der Waals surface area (Å²) in [5, 5.41) is 10.7. The van der Waals surface area contributed by atoms with Gasteiger partial charge in [-0.25, -0.2) is 4.99 Å². The van der Waals surface area contributed by atoms with Crippen molar-refractivity contribution in [3.05, 3.63) is 18.0 Å². The monoisotopic (exact) mass is 439 g/mol. The van der Waals surface area contributed by atoms with E-state index in [-0.39, 0.29) is 24.0 Å². The molecule has 1 aromatic heterocycles. The number of hydrogen-bond acceptors (Lipinski definition) is 4. The van der Waals surface area contributed by atoms with Crippen LogP contribution in [0.25, 0.3) is 0 Å². The number of aromatic nitrogens is 2. The van der Waals surface area contributed by atoms with Gasteiger partial charge in [-0.05, 0) is 25.8 Å². The number of aliphatic imine (C=N–C) groups is 1. The molecule has 0 saturated carbocycles. The van der Waals surface area contributed by atoms with Gasteiger partial charge in [0, 0.05) is 40.1 Å². The van der Waals surface area contributed by atoms with Gasteiger partial charge in [-0.15, -0.1) is 24.0 Å². The summed E-state index contributed by atoms with van der Waals surface area (Å²) in [6, 6.07) is 1.98. The van der Waals surface area contributed by atoms with Gasteiger partial charge >= 0.3 is 0 Å². The van der Waals surface area contributed by atoms with E-state index in [0.29, 0.717) is 19.8 Å². The fourth-order valence-electron chi connectivity index (χ4n) is 1.84. The molecule has 0 radical (unpaired) electrons. The van der Waals surface area contributed by atoms with E-state index in [4.69, 9.17) is 9.47 Å². The van der Waals surface area contributed by atoms with Gasteiger partial charge in [-0.2, -0.15) is 5.10 Å². The molecule has 134 valence electrons. The first-order valence-corrected chi connectivity index (χ1v) is 7.83. The maximum absolute atomic E-state index is 5.43. The van der Waals surface area contributed by atoms with Crippen LogP contribution in [0.15, 0.2) is 17.3 Å². The van der Waals surface area contributed by atoms with Gasteiger partial charge in [0.05, 0.1) is 25.5 Å². The van der Waals surface area contributed by atoms with E-state index >= 15 is 0 Å². The highest BCUT2D eigenvalue weighted by Gasteiger charge is 2.00. The third kappa shape index (κ3) is 10.5. The lowest BCUT2D eigenvalue weighted by Crippen LogP contribution is -2.37. The molecule has 0 saturated heterocycles. The van der Waals surface area contributed by atoms with E-state index in [1.807, 2.05) is 17.8 Å². The van der Waals surface area contributed by atoms with Gasteiger partial charge < -0.3 is 20.1 Å². The Bertz CT molecular complexity index is 426. The van der Waals surface area contributed by atoms with Gasteiger partial charge in [0.1, 0.15) is 0 Å². The standard InChI is InChI=1S/C15H29N5O2.HI/c1-4-16-15(18-13-14-7-9-19-20(14)2)17-8-5-6-10-22-12-11-21-3;/h7,9H,4-6,8,10-13H2,1-3H3,(H2,16,17,18);1H. The fraction of sp³-hybridized carbons (Fsp3) is 0.733. The SMILES string of the molecule is CCNC(=NCc1ccnn1C)NCCCCOCCOC.I. The number of halogens is 1. The Kier molecular flexibility index (Phi) is 14.1. The predicted molar refractivity (Wildman–Crippen MR) is 103 cm³/mol. The first-order valence-electron chi connectivity index (χ1n) is 7.83. The molecule has 0 aromatic carbocycles. The maximum atomic E-state index is 5.43. The van der Waals surface area contributed by atoms with Crippen LogP contribution in [0.3, 0.4) is 0 Å². The molecule has 0 unspecified atom stereocenters. The van der Waals surface area contributed by atoms with E-state index in [1.165, 1.54) is 0 Å². The number of nitrogens with one attached hydrogen (secondary N) is 2. The van der Waals surface area contributed by atoms with E-state index < -0.39 is 0 Å². The molecule has 0 aliphatic heterocycles. The van der Waals surface area contributed by atoms with Crippen molar-refractivity contribution >= 4 is 29.9 Å². The normalized spacial score (nSPS) is 11.2. The lowest BCUT2D eigenvalue weighted by molar-refractivity contribution is 0.0689. The van der Waals surface area contributed by atoms with E-state index in [9.17, 15) is 0 Å². The average Bonchev–Trinajstić information content (AvgIpc) is 2.92. The van der Waals surface area contributed by atoms with Crippen LogP contribution in [0, 0.1) is 0 Å². The number of hydrogen-bond donors (Lipinski definition) is 2. The molecule has 0 amide bonds. The first kappa shape index (κ1) is 22.1. The van der Waals surface area contributed by atoms with Crippen molar-refractivity contribution in [2.24, 2.45) is 12.0 Å². The lowest BCUT2D eigenvalue weighted by atomic mass is 10.3. The third-order valence-electron chi connectivity index (χ3n) is 3.11. The molecular formula is C15H30IN5O2. The quantitative estimate of drug-likeness (QED) is 0.237. The minimum Gasteiger partial charge on any atom is -0.382 e. The van der Waals surface area contributed by atoms with Crippen molar-refractivity contribution in [2.75, 3.05) is 40.0 Å². The van der Waals surface area contributed by atoms with Gasteiger partial charge in [0.2, 0.25) is 0 Å². The molecule has 2 N–H and O–H groups in total. The van der Waals surface area contributed by atoms with E-state index in [1.54, 1.807) is 13.3 Å². The molecular weight excluding hydrogens is 409 g/mol. The van der Waals surface area contributed by atoms with Gasteiger partial charge in [0.25, 0.3) is 0 Å². The van der Waals surface area contributed by atoms with Crippen LogP contribution in [0.5, 0.6) is 0 Å². The minimum atomic E-state index is 0. The average molecular weight is 439 g/mol. The van der Waals surface area contributed by atoms with Crippen LogP contribution in [0.1, 0.15) is 25.5 Å². The molecule has 0 spiro atoms. The number of ether oxygens (including phenoxy) is 2. The van der Waals surface area contributed by atoms with Crippen LogP contribution >= 0.6 is 24.0 Å². The smallest absolute Gasteiger partial charge is 0.191 e. The maximum Gasteiger partial charge on any atom is 0.191 e. The van der Waals surface area contributed by atoms with Crippen LogP contribution < -0.4 is 10.6 Å². The van der Waals surface area contributed by atoms with Crippen molar-refractivity contribution in [3.63, 3.8) is 0 Å². The zero-order chi connectivity index (χ0) is 16.0. The third-order valence-corrected chi connectivity index (χ3v) is 3.11. The molecule has 0 atom stereocenters. The van der Waals surface area contributed by atoms with Crippen LogP contribution in [0.2, 0.25) is 0 Å². The molecule has 1 heterocycles. The van der Waals surface area contributed by atoms with Crippen molar-refractivity contribution < 1.29 is 9.47 Å². The molecule has 8 heteroatoms. The zero-order valence-electron chi connectivity index (χ0n) is 14.4. The van der Waals surface area contributed by atoms with Gasteiger partial charge in [0.15, 0.2) is 5.96 Å². The molecule has 0 aliphatic carbocycles. The molecule has 0 fully saturated rings. The number of nitrogens with zero attached hydrogens (tertiary/aromatic N) is 3. The highest BCUT2D eigenvalue weighted by molar-refractivity contribution is 14.0.